The number of imidazole rings is 1. The van der Waals surface area contributed by atoms with E-state index in [4.69, 9.17) is 16.0 Å². The van der Waals surface area contributed by atoms with Crippen molar-refractivity contribution in [3.05, 3.63) is 72.4 Å². The highest BCUT2D eigenvalue weighted by Crippen LogP contribution is 2.58. The second-order valence-corrected chi connectivity index (χ2v) is 9.67. The number of amides is 2. The van der Waals surface area contributed by atoms with Gasteiger partial charge in [-0.3, -0.25) is 14.0 Å². The maximum Gasteiger partial charge on any atom is 0.256 e. The van der Waals surface area contributed by atoms with Gasteiger partial charge in [-0.05, 0) is 48.9 Å². The van der Waals surface area contributed by atoms with Gasteiger partial charge in [0.2, 0.25) is 5.91 Å². The number of anilines is 2. The van der Waals surface area contributed by atoms with Crippen molar-refractivity contribution in [2.45, 2.75) is 31.7 Å². The summed E-state index contributed by atoms with van der Waals surface area (Å²) in [4.78, 5) is 40.7. The lowest BCUT2D eigenvalue weighted by Gasteiger charge is -2.23. The number of hydrogen-bond donors (Lipinski definition) is 2. The Morgan fingerprint density at radius 2 is 1.95 bits per heavy atom. The maximum atomic E-state index is 12.8. The second-order valence-electron chi connectivity index (χ2n) is 9.67. The number of nitrogen functional groups attached to an aromatic ring is 1. The van der Waals surface area contributed by atoms with Gasteiger partial charge in [0.15, 0.2) is 0 Å². The molecule has 10 nitrogen and oxygen atoms in total. The first-order chi connectivity index (χ1) is 18.0. The zero-order valence-corrected chi connectivity index (χ0v) is 20.0. The van der Waals surface area contributed by atoms with Crippen LogP contribution < -0.4 is 11.1 Å². The Kier molecular flexibility index (Phi) is 5.34. The predicted molar refractivity (Wildman–Crippen MR) is 136 cm³/mol. The molecule has 2 aliphatic rings. The number of nitrogens with one attached hydrogen (secondary N) is 1. The average molecular weight is 493 g/mol. The van der Waals surface area contributed by atoms with Crippen LogP contribution in [0, 0.1) is 16.7 Å². The van der Waals surface area contributed by atoms with E-state index in [0.29, 0.717) is 40.8 Å². The van der Waals surface area contributed by atoms with Crippen molar-refractivity contribution in [3.63, 3.8) is 0 Å². The minimum atomic E-state index is -0.269. The number of nitrogens with two attached hydrogens (primary N) is 1. The van der Waals surface area contributed by atoms with Crippen LogP contribution in [-0.4, -0.2) is 42.6 Å². The van der Waals surface area contributed by atoms with E-state index in [1.807, 2.05) is 22.6 Å². The van der Waals surface area contributed by atoms with Crippen LogP contribution >= 0.6 is 0 Å². The van der Waals surface area contributed by atoms with E-state index in [0.717, 1.165) is 24.8 Å². The third-order valence-corrected chi connectivity index (χ3v) is 7.25. The summed E-state index contributed by atoms with van der Waals surface area (Å²) < 4.78 is 1.90. The molecule has 1 saturated carbocycles. The Bertz CT molecular complexity index is 1550. The van der Waals surface area contributed by atoms with Crippen LogP contribution in [0.25, 0.3) is 16.8 Å². The molecule has 1 aromatic carbocycles. The number of carbonyl (C=O) groups excluding carboxylic acids is 2. The number of rotatable bonds is 5. The molecule has 2 amide bonds. The number of fused-ring (bicyclic) bond motifs is 1. The first-order valence-electron chi connectivity index (χ1n) is 12.1. The quantitative estimate of drug-likeness (QED) is 0.433. The van der Waals surface area contributed by atoms with Crippen LogP contribution in [-0.2, 0) is 4.79 Å². The monoisotopic (exact) mass is 492 g/mol. The fourth-order valence-electron chi connectivity index (χ4n) is 5.19. The Balaban J connectivity index is 1.37. The molecule has 3 aromatic heterocycles. The first kappa shape index (κ1) is 22.7. The SMILES string of the molecule is N#CCC(=O)N1CC2(CC2)CC1c1nc(-c2ccc(C(=O)Nc3ccccn3)cc2)c2c(N)nccn12. The molecule has 0 radical (unpaired) electrons. The number of likely N-dealkylation sites (tertiary alicyclic amines) is 1. The molecule has 3 N–H and O–H groups in total. The summed E-state index contributed by atoms with van der Waals surface area (Å²) in [6.45, 7) is 0.642. The molecular weight excluding hydrogens is 468 g/mol. The minimum absolute atomic E-state index is 0.114. The number of hydrogen-bond acceptors (Lipinski definition) is 7. The predicted octanol–water partition coefficient (Wildman–Crippen LogP) is 3.59. The van der Waals surface area contributed by atoms with Crippen LogP contribution in [0.2, 0.25) is 0 Å². The summed E-state index contributed by atoms with van der Waals surface area (Å²) in [5.41, 5.74) is 8.94. The highest BCUT2D eigenvalue weighted by Gasteiger charge is 2.54. The van der Waals surface area contributed by atoms with Crippen molar-refractivity contribution < 1.29 is 9.59 Å². The molecule has 1 aliphatic carbocycles. The topological polar surface area (TPSA) is 142 Å². The molecule has 1 spiro atoms. The summed E-state index contributed by atoms with van der Waals surface area (Å²) in [7, 11) is 0. The van der Waals surface area contributed by atoms with Gasteiger partial charge in [-0.2, -0.15) is 5.26 Å². The fraction of sp³-hybridized carbons (Fsp3) is 0.259. The van der Waals surface area contributed by atoms with E-state index >= 15 is 0 Å². The van der Waals surface area contributed by atoms with Gasteiger partial charge in [-0.15, -0.1) is 0 Å². The summed E-state index contributed by atoms with van der Waals surface area (Å²) in [5.74, 6) is 1.04. The van der Waals surface area contributed by atoms with Crippen LogP contribution in [0.1, 0.15) is 47.9 Å². The highest BCUT2D eigenvalue weighted by molar-refractivity contribution is 6.04. The van der Waals surface area contributed by atoms with Crippen LogP contribution in [0.15, 0.2) is 61.1 Å². The standard InChI is InChI=1S/C27H24N8O2/c28-11-8-21(36)35-16-27(9-10-27)15-19(35)25-33-22(23-24(29)31-13-14-34(23)25)17-4-6-18(7-5-17)26(37)32-20-3-1-2-12-30-20/h1-7,12-14,19H,8-10,15-16H2,(H2,29,31)(H,30,32,37). The third kappa shape index (κ3) is 4.04. The lowest BCUT2D eigenvalue weighted by atomic mass is 10.0. The summed E-state index contributed by atoms with van der Waals surface area (Å²) in [6.07, 6.45) is 7.82. The minimum Gasteiger partial charge on any atom is -0.382 e. The Morgan fingerprint density at radius 1 is 1.14 bits per heavy atom. The molecule has 1 aliphatic heterocycles. The molecule has 1 unspecified atom stereocenters. The maximum absolute atomic E-state index is 12.8. The lowest BCUT2D eigenvalue weighted by Crippen LogP contribution is -2.31. The molecule has 4 heterocycles. The van der Waals surface area contributed by atoms with Crippen LogP contribution in [0.5, 0.6) is 0 Å². The Hall–Kier alpha value is -4.78. The Labute approximate surface area is 212 Å². The molecule has 0 bridgehead atoms. The first-order valence-corrected chi connectivity index (χ1v) is 12.1. The third-order valence-electron chi connectivity index (χ3n) is 7.25. The van der Waals surface area contributed by atoms with E-state index in [-0.39, 0.29) is 29.7 Å². The molecule has 10 heteroatoms. The number of nitriles is 1. The number of nitrogens with zero attached hydrogens (tertiary/aromatic N) is 6. The molecule has 4 aromatic rings. The molecule has 37 heavy (non-hydrogen) atoms. The summed E-state index contributed by atoms with van der Waals surface area (Å²) in [6, 6.07) is 14.1. The van der Waals surface area contributed by atoms with Crippen molar-refractivity contribution in [1.82, 2.24) is 24.3 Å². The fourth-order valence-corrected chi connectivity index (χ4v) is 5.19. The molecule has 1 atom stereocenters. The van der Waals surface area contributed by atoms with Crippen molar-refractivity contribution in [2.24, 2.45) is 5.41 Å². The van der Waals surface area contributed by atoms with Gasteiger partial charge in [0.1, 0.15) is 35.1 Å². The normalized spacial score (nSPS) is 17.6. The highest BCUT2D eigenvalue weighted by atomic mass is 16.2. The molecule has 1 saturated heterocycles. The van der Waals surface area contributed by atoms with Crippen molar-refractivity contribution >= 4 is 29.0 Å². The van der Waals surface area contributed by atoms with E-state index in [1.54, 1.807) is 53.8 Å². The van der Waals surface area contributed by atoms with E-state index in [2.05, 4.69) is 15.3 Å². The summed E-state index contributed by atoms with van der Waals surface area (Å²) >= 11 is 0. The van der Waals surface area contributed by atoms with Crippen molar-refractivity contribution in [1.29, 1.82) is 5.26 Å². The zero-order chi connectivity index (χ0) is 25.6. The van der Waals surface area contributed by atoms with Gasteiger partial charge in [-0.1, -0.05) is 18.2 Å². The van der Waals surface area contributed by atoms with Gasteiger partial charge in [0.05, 0.1) is 12.1 Å². The van der Waals surface area contributed by atoms with Gasteiger partial charge in [0, 0.05) is 36.3 Å². The molecular formula is C27H24N8O2. The number of pyridine rings is 1. The number of carbonyl (C=O) groups is 2. The van der Waals surface area contributed by atoms with Gasteiger partial charge < -0.3 is 16.0 Å². The summed E-state index contributed by atoms with van der Waals surface area (Å²) in [5, 5.41) is 11.9. The molecule has 2 fully saturated rings. The zero-order valence-electron chi connectivity index (χ0n) is 20.0. The number of aromatic nitrogens is 4. The lowest BCUT2D eigenvalue weighted by molar-refractivity contribution is -0.131. The second kappa shape index (κ2) is 8.71. The van der Waals surface area contributed by atoms with Gasteiger partial charge in [-0.25, -0.2) is 15.0 Å². The molecule has 184 valence electrons. The van der Waals surface area contributed by atoms with E-state index in [1.165, 1.54) is 0 Å². The molecule has 6 rings (SSSR count). The van der Waals surface area contributed by atoms with Crippen LogP contribution in [0.4, 0.5) is 11.6 Å². The van der Waals surface area contributed by atoms with Gasteiger partial charge in [0.25, 0.3) is 5.91 Å². The van der Waals surface area contributed by atoms with Gasteiger partial charge >= 0.3 is 0 Å². The number of benzene rings is 1. The van der Waals surface area contributed by atoms with E-state index < -0.39 is 0 Å². The smallest absolute Gasteiger partial charge is 0.256 e. The van der Waals surface area contributed by atoms with Crippen molar-refractivity contribution in [2.75, 3.05) is 17.6 Å². The van der Waals surface area contributed by atoms with Crippen molar-refractivity contribution in [3.8, 4) is 17.3 Å². The van der Waals surface area contributed by atoms with Crippen LogP contribution in [0.3, 0.4) is 0 Å². The van der Waals surface area contributed by atoms with E-state index in [9.17, 15) is 9.59 Å². The largest absolute Gasteiger partial charge is 0.382 e. The Morgan fingerprint density at radius 3 is 2.65 bits per heavy atom. The average Bonchev–Trinajstić information content (AvgIpc) is 3.38.